The molecule has 1 N–H and O–H groups in total. The molecule has 0 radical (unpaired) electrons. The molecule has 0 bridgehead atoms. The first-order valence-electron chi connectivity index (χ1n) is 7.46. The van der Waals surface area contributed by atoms with Crippen LogP contribution in [0.15, 0.2) is 42.5 Å². The highest BCUT2D eigenvalue weighted by atomic mass is 16.5. The van der Waals surface area contributed by atoms with Crippen molar-refractivity contribution in [2.75, 3.05) is 11.9 Å². The number of ketones is 1. The van der Waals surface area contributed by atoms with Gasteiger partial charge in [0, 0.05) is 12.1 Å². The average molecular weight is 279 g/mol. The maximum Gasteiger partial charge on any atom is 0.189 e. The van der Waals surface area contributed by atoms with Crippen LogP contribution in [0.25, 0.3) is 0 Å². The predicted molar refractivity (Wildman–Crippen MR) is 82.1 cm³/mol. The Balaban J connectivity index is 1.65. The normalized spacial score (nSPS) is 19.1. The van der Waals surface area contributed by atoms with Gasteiger partial charge < -0.3 is 10.1 Å². The standard InChI is InChI=1S/C18H17NO2/c20-17(16-11-13-5-1-2-9-15(13)19-16)14-8-3-6-12-7-4-10-21-18(12)14/h1-3,5-6,8-9,16,19H,4,7,10-11H2. The van der Waals surface area contributed by atoms with Crippen LogP contribution in [0.1, 0.15) is 27.9 Å². The molecule has 1 atom stereocenters. The fourth-order valence-electron chi connectivity index (χ4n) is 3.23. The first-order valence-corrected chi connectivity index (χ1v) is 7.46. The Labute approximate surface area is 123 Å². The molecule has 1 unspecified atom stereocenters. The van der Waals surface area contributed by atoms with Gasteiger partial charge in [-0.05, 0) is 36.1 Å². The van der Waals surface area contributed by atoms with Gasteiger partial charge in [-0.2, -0.15) is 0 Å². The molecular weight excluding hydrogens is 262 g/mol. The van der Waals surface area contributed by atoms with Gasteiger partial charge in [0.05, 0.1) is 18.2 Å². The largest absolute Gasteiger partial charge is 0.493 e. The molecular formula is C18H17NO2. The Morgan fingerprint density at radius 1 is 1.10 bits per heavy atom. The first-order chi connectivity index (χ1) is 10.3. The van der Waals surface area contributed by atoms with Gasteiger partial charge in [-0.3, -0.25) is 4.79 Å². The van der Waals surface area contributed by atoms with Crippen LogP contribution in [0.4, 0.5) is 5.69 Å². The lowest BCUT2D eigenvalue weighted by Gasteiger charge is -2.21. The van der Waals surface area contributed by atoms with Crippen molar-refractivity contribution in [2.45, 2.75) is 25.3 Å². The second kappa shape index (κ2) is 4.92. The Bertz CT molecular complexity index is 683. The Hall–Kier alpha value is -2.29. The van der Waals surface area contributed by atoms with Crippen LogP contribution in [0.5, 0.6) is 5.75 Å². The van der Waals surface area contributed by atoms with Crippen molar-refractivity contribution in [3.63, 3.8) is 0 Å². The summed E-state index contributed by atoms with van der Waals surface area (Å²) in [7, 11) is 0. The molecule has 2 aliphatic heterocycles. The van der Waals surface area contributed by atoms with E-state index in [9.17, 15) is 4.79 Å². The van der Waals surface area contributed by atoms with E-state index in [0.29, 0.717) is 6.61 Å². The van der Waals surface area contributed by atoms with Crippen LogP contribution >= 0.6 is 0 Å². The van der Waals surface area contributed by atoms with Gasteiger partial charge in [-0.25, -0.2) is 0 Å². The number of ether oxygens (including phenoxy) is 1. The van der Waals surface area contributed by atoms with Gasteiger partial charge in [0.15, 0.2) is 5.78 Å². The monoisotopic (exact) mass is 279 g/mol. The lowest BCUT2D eigenvalue weighted by molar-refractivity contribution is 0.0966. The lowest BCUT2D eigenvalue weighted by atomic mass is 9.96. The molecule has 0 spiro atoms. The van der Waals surface area contributed by atoms with Crippen LogP contribution in [0.3, 0.4) is 0 Å². The van der Waals surface area contributed by atoms with Gasteiger partial charge in [-0.15, -0.1) is 0 Å². The number of hydrogen-bond donors (Lipinski definition) is 1. The summed E-state index contributed by atoms with van der Waals surface area (Å²) < 4.78 is 5.76. The summed E-state index contributed by atoms with van der Waals surface area (Å²) in [5, 5.41) is 3.33. The molecule has 2 aromatic rings. The van der Waals surface area contributed by atoms with Crippen molar-refractivity contribution in [1.82, 2.24) is 0 Å². The summed E-state index contributed by atoms with van der Waals surface area (Å²) >= 11 is 0. The fraction of sp³-hybridized carbons (Fsp3) is 0.278. The summed E-state index contributed by atoms with van der Waals surface area (Å²) in [5.74, 6) is 0.927. The smallest absolute Gasteiger partial charge is 0.189 e. The number of fused-ring (bicyclic) bond motifs is 2. The fourth-order valence-corrected chi connectivity index (χ4v) is 3.23. The molecule has 3 nitrogen and oxygen atoms in total. The number of aryl methyl sites for hydroxylation is 1. The molecule has 2 aliphatic rings. The lowest BCUT2D eigenvalue weighted by Crippen LogP contribution is -2.28. The minimum absolute atomic E-state index is 0.130. The van der Waals surface area contributed by atoms with E-state index in [1.165, 1.54) is 5.56 Å². The highest BCUT2D eigenvalue weighted by Crippen LogP contribution is 2.33. The van der Waals surface area contributed by atoms with Crippen molar-refractivity contribution < 1.29 is 9.53 Å². The molecule has 2 aromatic carbocycles. The number of anilines is 1. The highest BCUT2D eigenvalue weighted by molar-refractivity contribution is 6.05. The number of benzene rings is 2. The van der Waals surface area contributed by atoms with Crippen molar-refractivity contribution >= 4 is 11.5 Å². The molecule has 0 aliphatic carbocycles. The van der Waals surface area contributed by atoms with E-state index in [2.05, 4.69) is 17.4 Å². The molecule has 21 heavy (non-hydrogen) atoms. The Morgan fingerprint density at radius 2 is 1.95 bits per heavy atom. The zero-order valence-electron chi connectivity index (χ0n) is 11.8. The van der Waals surface area contributed by atoms with E-state index in [-0.39, 0.29) is 11.8 Å². The van der Waals surface area contributed by atoms with Crippen LogP contribution in [0, 0.1) is 0 Å². The van der Waals surface area contributed by atoms with Crippen molar-refractivity contribution in [1.29, 1.82) is 0 Å². The topological polar surface area (TPSA) is 38.3 Å². The van der Waals surface area contributed by atoms with Crippen molar-refractivity contribution in [3.8, 4) is 5.75 Å². The SMILES string of the molecule is O=C(c1cccc2c1OCCC2)C1Cc2ccccc2N1. The Kier molecular flexibility index (Phi) is 2.92. The van der Waals surface area contributed by atoms with E-state index in [1.807, 2.05) is 30.3 Å². The Morgan fingerprint density at radius 3 is 2.86 bits per heavy atom. The van der Waals surface area contributed by atoms with Crippen molar-refractivity contribution in [3.05, 3.63) is 59.2 Å². The summed E-state index contributed by atoms with van der Waals surface area (Å²) in [6.45, 7) is 0.704. The number of carbonyl (C=O) groups is 1. The summed E-state index contributed by atoms with van der Waals surface area (Å²) in [6.07, 6.45) is 2.77. The maximum absolute atomic E-state index is 12.8. The molecule has 4 rings (SSSR count). The summed E-state index contributed by atoms with van der Waals surface area (Å²) in [4.78, 5) is 12.8. The first kappa shape index (κ1) is 12.5. The van der Waals surface area contributed by atoms with Gasteiger partial charge in [-0.1, -0.05) is 30.3 Å². The number of carbonyl (C=O) groups excluding carboxylic acids is 1. The zero-order chi connectivity index (χ0) is 14.2. The van der Waals surface area contributed by atoms with E-state index < -0.39 is 0 Å². The molecule has 3 heteroatoms. The van der Waals surface area contributed by atoms with Crippen molar-refractivity contribution in [2.24, 2.45) is 0 Å². The van der Waals surface area contributed by atoms with Gasteiger partial charge in [0.2, 0.25) is 0 Å². The maximum atomic E-state index is 12.8. The van der Waals surface area contributed by atoms with E-state index in [4.69, 9.17) is 4.74 Å². The number of hydrogen-bond acceptors (Lipinski definition) is 3. The molecule has 106 valence electrons. The number of Topliss-reactive ketones (excluding diaryl/α,β-unsaturated/α-hetero) is 1. The molecule has 0 saturated carbocycles. The predicted octanol–water partition coefficient (Wildman–Crippen LogP) is 3.23. The highest BCUT2D eigenvalue weighted by Gasteiger charge is 2.30. The third kappa shape index (κ3) is 2.09. The molecule has 0 saturated heterocycles. The third-order valence-corrected chi connectivity index (χ3v) is 4.29. The third-order valence-electron chi connectivity index (χ3n) is 4.29. The minimum atomic E-state index is -0.181. The van der Waals surface area contributed by atoms with Crippen LogP contribution in [0.2, 0.25) is 0 Å². The quantitative estimate of drug-likeness (QED) is 0.858. The van der Waals surface area contributed by atoms with Crippen LogP contribution in [-0.4, -0.2) is 18.4 Å². The van der Waals surface area contributed by atoms with Gasteiger partial charge in [0.1, 0.15) is 5.75 Å². The molecule has 0 amide bonds. The van der Waals surface area contributed by atoms with Gasteiger partial charge >= 0.3 is 0 Å². The number of rotatable bonds is 2. The molecule has 2 heterocycles. The number of para-hydroxylation sites is 2. The zero-order valence-corrected chi connectivity index (χ0v) is 11.8. The summed E-state index contributed by atoms with van der Waals surface area (Å²) in [5.41, 5.74) is 4.16. The van der Waals surface area contributed by atoms with Crippen LogP contribution in [-0.2, 0) is 12.8 Å². The minimum Gasteiger partial charge on any atom is -0.493 e. The van der Waals surface area contributed by atoms with Gasteiger partial charge in [0.25, 0.3) is 0 Å². The molecule has 0 aromatic heterocycles. The average Bonchev–Trinajstić information content (AvgIpc) is 2.97. The second-order valence-electron chi connectivity index (χ2n) is 5.67. The van der Waals surface area contributed by atoms with E-state index in [0.717, 1.165) is 41.8 Å². The second-order valence-corrected chi connectivity index (χ2v) is 5.67. The number of nitrogens with one attached hydrogen (secondary N) is 1. The summed E-state index contributed by atoms with van der Waals surface area (Å²) in [6, 6.07) is 13.8. The molecule has 0 fully saturated rings. The van der Waals surface area contributed by atoms with E-state index >= 15 is 0 Å². The van der Waals surface area contributed by atoms with E-state index in [1.54, 1.807) is 0 Å². The van der Waals surface area contributed by atoms with Crippen LogP contribution < -0.4 is 10.1 Å².